The van der Waals surface area contributed by atoms with Crippen molar-refractivity contribution in [1.29, 1.82) is 0 Å². The number of hydrogen-bond donors (Lipinski definition) is 1. The Kier molecular flexibility index (Phi) is 4.70. The molecule has 0 unspecified atom stereocenters. The molecule has 1 N–H and O–H groups in total. The number of para-hydroxylation sites is 3. The van der Waals surface area contributed by atoms with Crippen molar-refractivity contribution < 1.29 is 4.79 Å². The zero-order chi connectivity index (χ0) is 18.5. The number of carbonyl (C=O) groups is 1. The Labute approximate surface area is 156 Å². The molecule has 1 amide bonds. The predicted octanol–water partition coefficient (Wildman–Crippen LogP) is 3.15. The molecule has 6 nitrogen and oxygen atoms in total. The van der Waals surface area contributed by atoms with Crippen molar-refractivity contribution in [3.8, 4) is 5.69 Å². The van der Waals surface area contributed by atoms with Gasteiger partial charge in [0.1, 0.15) is 0 Å². The van der Waals surface area contributed by atoms with Gasteiger partial charge < -0.3 is 5.32 Å². The molecule has 0 fully saturated rings. The van der Waals surface area contributed by atoms with E-state index in [2.05, 4.69) is 20.4 Å². The molecule has 2 aromatic carbocycles. The molecule has 0 radical (unpaired) electrons. The fourth-order valence-electron chi connectivity index (χ4n) is 2.63. The van der Waals surface area contributed by atoms with E-state index in [9.17, 15) is 4.79 Å². The minimum Gasteiger partial charge on any atom is -0.348 e. The summed E-state index contributed by atoms with van der Waals surface area (Å²) in [6.07, 6.45) is 8.40. The van der Waals surface area contributed by atoms with Crippen LogP contribution in [0.4, 0.5) is 0 Å². The third kappa shape index (κ3) is 4.07. The molecule has 27 heavy (non-hydrogen) atoms. The molecule has 2 heterocycles. The monoisotopic (exact) mass is 355 g/mol. The Morgan fingerprint density at radius 3 is 2.63 bits per heavy atom. The Hall–Kier alpha value is -3.80. The van der Waals surface area contributed by atoms with Crippen LogP contribution in [0.1, 0.15) is 11.3 Å². The van der Waals surface area contributed by atoms with Crippen LogP contribution < -0.4 is 5.32 Å². The summed E-state index contributed by atoms with van der Waals surface area (Å²) in [5, 5.41) is 7.16. The molecule has 0 aliphatic heterocycles. The van der Waals surface area contributed by atoms with Gasteiger partial charge >= 0.3 is 0 Å². The van der Waals surface area contributed by atoms with Gasteiger partial charge in [0.05, 0.1) is 34.8 Å². The van der Waals surface area contributed by atoms with Crippen LogP contribution in [0.3, 0.4) is 0 Å². The summed E-state index contributed by atoms with van der Waals surface area (Å²) in [5.41, 5.74) is 4.17. The summed E-state index contributed by atoms with van der Waals surface area (Å²) < 4.78 is 1.78. The molecule has 6 heteroatoms. The van der Waals surface area contributed by atoms with Crippen LogP contribution in [0, 0.1) is 0 Å². The van der Waals surface area contributed by atoms with E-state index < -0.39 is 0 Å². The first kappa shape index (κ1) is 16.7. The summed E-state index contributed by atoms with van der Waals surface area (Å²) in [6.45, 7) is 0.402. The average Bonchev–Trinajstić information content (AvgIpc) is 3.20. The van der Waals surface area contributed by atoms with Crippen molar-refractivity contribution in [2.75, 3.05) is 0 Å². The Bertz CT molecular complexity index is 1100. The van der Waals surface area contributed by atoms with Gasteiger partial charge in [0, 0.05) is 24.4 Å². The Balaban J connectivity index is 1.36. The number of benzene rings is 2. The highest BCUT2D eigenvalue weighted by molar-refractivity contribution is 5.91. The number of hydrogen-bond acceptors (Lipinski definition) is 4. The van der Waals surface area contributed by atoms with E-state index >= 15 is 0 Å². The minimum atomic E-state index is -0.197. The van der Waals surface area contributed by atoms with Crippen molar-refractivity contribution in [2.24, 2.45) is 0 Å². The van der Waals surface area contributed by atoms with E-state index in [-0.39, 0.29) is 5.91 Å². The molecule has 132 valence electrons. The fraction of sp³-hybridized carbons (Fsp3) is 0.0476. The maximum Gasteiger partial charge on any atom is 0.244 e. The van der Waals surface area contributed by atoms with Gasteiger partial charge in [0.25, 0.3) is 0 Å². The lowest BCUT2D eigenvalue weighted by atomic mass is 10.3. The zero-order valence-corrected chi connectivity index (χ0v) is 14.5. The summed E-state index contributed by atoms with van der Waals surface area (Å²) >= 11 is 0. The highest BCUT2D eigenvalue weighted by Crippen LogP contribution is 2.09. The summed E-state index contributed by atoms with van der Waals surface area (Å²) in [4.78, 5) is 20.8. The van der Waals surface area contributed by atoms with Gasteiger partial charge in [-0.15, -0.1) is 0 Å². The van der Waals surface area contributed by atoms with Crippen LogP contribution >= 0.6 is 0 Å². The zero-order valence-electron chi connectivity index (χ0n) is 14.5. The first-order valence-corrected chi connectivity index (χ1v) is 8.54. The molecule has 4 aromatic rings. The number of nitrogens with zero attached hydrogens (tertiary/aromatic N) is 4. The first-order chi connectivity index (χ1) is 13.3. The number of amides is 1. The van der Waals surface area contributed by atoms with E-state index in [1.54, 1.807) is 23.2 Å². The van der Waals surface area contributed by atoms with Crippen LogP contribution in [0.25, 0.3) is 22.8 Å². The Morgan fingerprint density at radius 1 is 1.00 bits per heavy atom. The summed E-state index contributed by atoms with van der Waals surface area (Å²) in [6, 6.07) is 17.4. The third-order valence-corrected chi connectivity index (χ3v) is 4.00. The molecule has 0 aliphatic rings. The smallest absolute Gasteiger partial charge is 0.244 e. The van der Waals surface area contributed by atoms with Crippen molar-refractivity contribution in [1.82, 2.24) is 25.1 Å². The molecular formula is C21H17N5O. The van der Waals surface area contributed by atoms with Gasteiger partial charge in [-0.3, -0.25) is 9.78 Å². The Morgan fingerprint density at radius 2 is 1.78 bits per heavy atom. The third-order valence-electron chi connectivity index (χ3n) is 4.00. The van der Waals surface area contributed by atoms with Gasteiger partial charge in [-0.25, -0.2) is 9.67 Å². The average molecular weight is 355 g/mol. The summed E-state index contributed by atoms with van der Waals surface area (Å²) in [7, 11) is 0. The van der Waals surface area contributed by atoms with Crippen LogP contribution in [0.2, 0.25) is 0 Å². The largest absolute Gasteiger partial charge is 0.348 e. The van der Waals surface area contributed by atoms with Gasteiger partial charge in [0.15, 0.2) is 0 Å². The first-order valence-electron chi connectivity index (χ1n) is 8.54. The van der Waals surface area contributed by atoms with Crippen LogP contribution in [-0.2, 0) is 11.3 Å². The summed E-state index contributed by atoms with van der Waals surface area (Å²) in [5.74, 6) is -0.197. The number of rotatable bonds is 5. The van der Waals surface area contributed by atoms with Gasteiger partial charge in [-0.05, 0) is 30.3 Å². The second-order valence-corrected chi connectivity index (χ2v) is 5.96. The van der Waals surface area contributed by atoms with Gasteiger partial charge in [-0.1, -0.05) is 30.3 Å². The van der Waals surface area contributed by atoms with E-state index in [4.69, 9.17) is 0 Å². The van der Waals surface area contributed by atoms with Gasteiger partial charge in [-0.2, -0.15) is 5.10 Å². The lowest BCUT2D eigenvalue weighted by Crippen LogP contribution is -2.19. The molecule has 0 saturated carbocycles. The second kappa shape index (κ2) is 7.61. The molecule has 4 rings (SSSR count). The maximum atomic E-state index is 12.1. The minimum absolute atomic E-state index is 0.197. The van der Waals surface area contributed by atoms with E-state index in [1.807, 2.05) is 60.8 Å². The molecule has 0 saturated heterocycles. The lowest BCUT2D eigenvalue weighted by molar-refractivity contribution is -0.116. The lowest BCUT2D eigenvalue weighted by Gasteiger charge is -2.01. The quantitative estimate of drug-likeness (QED) is 0.558. The van der Waals surface area contributed by atoms with Crippen LogP contribution in [0.15, 0.2) is 79.3 Å². The predicted molar refractivity (Wildman–Crippen MR) is 104 cm³/mol. The van der Waals surface area contributed by atoms with E-state index in [0.29, 0.717) is 12.2 Å². The molecule has 2 aromatic heterocycles. The van der Waals surface area contributed by atoms with Crippen molar-refractivity contribution in [3.63, 3.8) is 0 Å². The molecule has 0 spiro atoms. The molecule has 0 aliphatic carbocycles. The fourth-order valence-corrected chi connectivity index (χ4v) is 2.63. The SMILES string of the molecule is O=C(/C=C/c1cnc2ccccc2n1)NCc1cnn(-c2ccccc2)c1. The van der Waals surface area contributed by atoms with Crippen molar-refractivity contribution >= 4 is 23.0 Å². The maximum absolute atomic E-state index is 12.1. The number of fused-ring (bicyclic) bond motifs is 1. The van der Waals surface area contributed by atoms with Crippen molar-refractivity contribution in [2.45, 2.75) is 6.54 Å². The highest BCUT2D eigenvalue weighted by atomic mass is 16.1. The normalized spacial score (nSPS) is 11.1. The topological polar surface area (TPSA) is 72.7 Å². The van der Waals surface area contributed by atoms with Gasteiger partial charge in [0.2, 0.25) is 5.91 Å². The van der Waals surface area contributed by atoms with E-state index in [0.717, 1.165) is 22.3 Å². The standard InChI is InChI=1S/C21H17N5O/c27-21(11-10-17-14-22-19-8-4-5-9-20(19)25-17)23-12-16-13-24-26(15-16)18-6-2-1-3-7-18/h1-11,13-15H,12H2,(H,23,27)/b11-10+. The molecule has 0 atom stereocenters. The second-order valence-electron chi connectivity index (χ2n) is 5.96. The number of nitrogens with one attached hydrogen (secondary N) is 1. The van der Waals surface area contributed by atoms with E-state index in [1.165, 1.54) is 6.08 Å². The number of carbonyl (C=O) groups excluding carboxylic acids is 1. The van der Waals surface area contributed by atoms with Crippen LogP contribution in [0.5, 0.6) is 0 Å². The highest BCUT2D eigenvalue weighted by Gasteiger charge is 2.03. The van der Waals surface area contributed by atoms with Crippen LogP contribution in [-0.4, -0.2) is 25.7 Å². The van der Waals surface area contributed by atoms with Crippen molar-refractivity contribution in [3.05, 3.63) is 90.5 Å². The molecular weight excluding hydrogens is 338 g/mol. The molecule has 0 bridgehead atoms. The number of aromatic nitrogens is 4.